The fraction of sp³-hybridized carbons (Fsp3) is 0.619. The van der Waals surface area contributed by atoms with Gasteiger partial charge in [0.25, 0.3) is 0 Å². The van der Waals surface area contributed by atoms with Gasteiger partial charge >= 0.3 is 12.0 Å². The van der Waals surface area contributed by atoms with Gasteiger partial charge in [-0.1, -0.05) is 30.3 Å². The van der Waals surface area contributed by atoms with E-state index >= 15 is 0 Å². The van der Waals surface area contributed by atoms with Crippen LogP contribution < -0.4 is 5.32 Å². The van der Waals surface area contributed by atoms with Crippen LogP contribution in [-0.4, -0.2) is 53.8 Å². The number of carboxylic acid groups (broad SMARTS) is 1. The highest BCUT2D eigenvalue weighted by molar-refractivity contribution is 5.75. The molecule has 0 saturated carbocycles. The molecule has 6 heteroatoms. The van der Waals surface area contributed by atoms with Crippen LogP contribution in [0.25, 0.3) is 0 Å². The molecule has 2 atom stereocenters. The highest BCUT2D eigenvalue weighted by Gasteiger charge is 2.31. The second-order valence-corrected chi connectivity index (χ2v) is 7.64. The lowest BCUT2D eigenvalue weighted by Gasteiger charge is -2.35. The number of nitrogens with one attached hydrogen (secondary N) is 1. The molecule has 2 aliphatic rings. The van der Waals surface area contributed by atoms with Gasteiger partial charge in [0.05, 0.1) is 6.10 Å². The first-order chi connectivity index (χ1) is 13.1. The quantitative estimate of drug-likeness (QED) is 0.769. The number of ether oxygens (including phenoxy) is 1. The van der Waals surface area contributed by atoms with Gasteiger partial charge in [-0.2, -0.15) is 0 Å². The number of amides is 2. The molecule has 27 heavy (non-hydrogen) atoms. The molecule has 3 rings (SSSR count). The Hall–Kier alpha value is -2.08. The van der Waals surface area contributed by atoms with E-state index in [9.17, 15) is 9.59 Å². The average molecular weight is 374 g/mol. The van der Waals surface area contributed by atoms with Crippen LogP contribution in [0.5, 0.6) is 0 Å². The van der Waals surface area contributed by atoms with Crippen LogP contribution in [0.3, 0.4) is 0 Å². The van der Waals surface area contributed by atoms with Crippen molar-refractivity contribution in [3.05, 3.63) is 35.9 Å². The number of hydrogen-bond acceptors (Lipinski definition) is 3. The third-order valence-corrected chi connectivity index (χ3v) is 5.68. The van der Waals surface area contributed by atoms with Gasteiger partial charge in [-0.25, -0.2) is 4.79 Å². The summed E-state index contributed by atoms with van der Waals surface area (Å²) in [6.07, 6.45) is 5.76. The molecule has 2 N–H and O–H groups in total. The molecule has 0 aliphatic carbocycles. The first-order valence-electron chi connectivity index (χ1n) is 10.0. The summed E-state index contributed by atoms with van der Waals surface area (Å²) in [6, 6.07) is 9.63. The van der Waals surface area contributed by atoms with Crippen LogP contribution in [0.15, 0.2) is 30.3 Å². The van der Waals surface area contributed by atoms with Gasteiger partial charge in [-0.15, -0.1) is 0 Å². The van der Waals surface area contributed by atoms with Gasteiger partial charge in [0.15, 0.2) is 0 Å². The van der Waals surface area contributed by atoms with E-state index in [-0.39, 0.29) is 18.5 Å². The molecule has 0 spiro atoms. The van der Waals surface area contributed by atoms with Crippen molar-refractivity contribution in [1.29, 1.82) is 0 Å². The van der Waals surface area contributed by atoms with Gasteiger partial charge in [-0.3, -0.25) is 4.79 Å². The molecule has 2 fully saturated rings. The van der Waals surface area contributed by atoms with Gasteiger partial charge in [-0.05, 0) is 50.0 Å². The zero-order chi connectivity index (χ0) is 19.1. The van der Waals surface area contributed by atoms with E-state index in [1.165, 1.54) is 0 Å². The molecule has 0 aromatic heterocycles. The maximum atomic E-state index is 12.7. The minimum absolute atomic E-state index is 0.0544. The number of benzene rings is 1. The Labute approximate surface area is 160 Å². The zero-order valence-corrected chi connectivity index (χ0v) is 15.8. The number of nitrogens with zero attached hydrogens (tertiary/aromatic N) is 1. The number of carbonyl (C=O) groups excluding carboxylic acids is 1. The highest BCUT2D eigenvalue weighted by atomic mass is 16.5. The summed E-state index contributed by atoms with van der Waals surface area (Å²) in [7, 11) is 0. The molecule has 2 amide bonds. The van der Waals surface area contributed by atoms with Crippen LogP contribution >= 0.6 is 0 Å². The van der Waals surface area contributed by atoms with Crippen LogP contribution in [0, 0.1) is 5.92 Å². The SMILES string of the molecule is O=C(O)CCC(Cc1ccccc1)NC(=O)N1CCC(C2CCCO2)CC1. The molecule has 2 heterocycles. The lowest BCUT2D eigenvalue weighted by Crippen LogP contribution is -2.49. The predicted octanol–water partition coefficient (Wildman–Crippen LogP) is 3.06. The Morgan fingerprint density at radius 3 is 2.56 bits per heavy atom. The van der Waals surface area contributed by atoms with Crippen molar-refractivity contribution in [2.24, 2.45) is 5.92 Å². The van der Waals surface area contributed by atoms with Crippen molar-refractivity contribution in [3.63, 3.8) is 0 Å². The Morgan fingerprint density at radius 1 is 1.19 bits per heavy atom. The minimum Gasteiger partial charge on any atom is -0.481 e. The van der Waals surface area contributed by atoms with Crippen LogP contribution in [0.4, 0.5) is 4.79 Å². The molecule has 0 radical (unpaired) electrons. The first-order valence-corrected chi connectivity index (χ1v) is 10.0. The predicted molar refractivity (Wildman–Crippen MR) is 103 cm³/mol. The van der Waals surface area contributed by atoms with Crippen LogP contribution in [0.1, 0.15) is 44.1 Å². The fourth-order valence-electron chi connectivity index (χ4n) is 4.14. The van der Waals surface area contributed by atoms with Crippen molar-refractivity contribution >= 4 is 12.0 Å². The smallest absolute Gasteiger partial charge is 0.317 e. The first kappa shape index (κ1) is 19.7. The summed E-state index contributed by atoms with van der Waals surface area (Å²) in [5, 5.41) is 12.1. The molecular weight excluding hydrogens is 344 g/mol. The summed E-state index contributed by atoms with van der Waals surface area (Å²) < 4.78 is 5.80. The topological polar surface area (TPSA) is 78.9 Å². The Bertz CT molecular complexity index is 608. The second-order valence-electron chi connectivity index (χ2n) is 7.64. The van der Waals surface area contributed by atoms with Crippen LogP contribution in [0.2, 0.25) is 0 Å². The summed E-state index contributed by atoms with van der Waals surface area (Å²) in [4.78, 5) is 25.5. The number of carboxylic acids is 1. The monoisotopic (exact) mass is 374 g/mol. The molecule has 6 nitrogen and oxygen atoms in total. The molecule has 1 aromatic carbocycles. The number of piperidine rings is 1. The van der Waals surface area contributed by atoms with Crippen LogP contribution in [-0.2, 0) is 16.0 Å². The molecular formula is C21H30N2O4. The standard InChI is InChI=1S/C21H30N2O4/c24-20(25)9-8-18(15-16-5-2-1-3-6-16)22-21(26)23-12-10-17(11-13-23)19-7-4-14-27-19/h1-3,5-6,17-19H,4,7-15H2,(H,22,26)(H,24,25). The average Bonchev–Trinajstić information content (AvgIpc) is 3.22. The summed E-state index contributed by atoms with van der Waals surface area (Å²) in [6.45, 7) is 2.36. The van der Waals surface area contributed by atoms with Gasteiger partial charge in [0.2, 0.25) is 0 Å². The molecule has 2 saturated heterocycles. The number of rotatable bonds is 7. The van der Waals surface area contributed by atoms with E-state index in [1.54, 1.807) is 0 Å². The van der Waals surface area contributed by atoms with Crippen molar-refractivity contribution in [2.75, 3.05) is 19.7 Å². The van der Waals surface area contributed by atoms with Gasteiger partial charge in [0.1, 0.15) is 0 Å². The minimum atomic E-state index is -0.834. The lowest BCUT2D eigenvalue weighted by atomic mass is 9.90. The third kappa shape index (κ3) is 5.96. The summed E-state index contributed by atoms with van der Waals surface area (Å²) in [5.41, 5.74) is 1.10. The molecule has 2 aliphatic heterocycles. The lowest BCUT2D eigenvalue weighted by molar-refractivity contribution is -0.137. The van der Waals surface area contributed by atoms with Gasteiger partial charge in [0, 0.05) is 32.2 Å². The van der Waals surface area contributed by atoms with Gasteiger partial charge < -0.3 is 20.1 Å². The number of carbonyl (C=O) groups is 2. The van der Waals surface area contributed by atoms with E-state index < -0.39 is 5.97 Å². The summed E-state index contributed by atoms with van der Waals surface area (Å²) >= 11 is 0. The largest absolute Gasteiger partial charge is 0.481 e. The fourth-order valence-corrected chi connectivity index (χ4v) is 4.14. The van der Waals surface area contributed by atoms with E-state index in [0.717, 1.165) is 50.9 Å². The van der Waals surface area contributed by atoms with E-state index in [0.29, 0.717) is 24.9 Å². The molecule has 148 valence electrons. The number of hydrogen-bond donors (Lipinski definition) is 2. The Morgan fingerprint density at radius 2 is 1.93 bits per heavy atom. The zero-order valence-electron chi connectivity index (χ0n) is 15.8. The van der Waals surface area contributed by atoms with E-state index in [4.69, 9.17) is 9.84 Å². The number of likely N-dealkylation sites (tertiary alicyclic amines) is 1. The maximum absolute atomic E-state index is 12.7. The Kier molecular flexibility index (Phi) is 7.10. The van der Waals surface area contributed by atoms with Crippen molar-refractivity contribution in [1.82, 2.24) is 10.2 Å². The molecule has 1 aromatic rings. The number of aliphatic carboxylic acids is 1. The third-order valence-electron chi connectivity index (χ3n) is 5.68. The number of urea groups is 1. The molecule has 2 unspecified atom stereocenters. The maximum Gasteiger partial charge on any atom is 0.317 e. The van der Waals surface area contributed by atoms with Crippen molar-refractivity contribution < 1.29 is 19.4 Å². The van der Waals surface area contributed by atoms with Crippen molar-refractivity contribution in [3.8, 4) is 0 Å². The molecule has 0 bridgehead atoms. The Balaban J connectivity index is 1.51. The van der Waals surface area contributed by atoms with E-state index in [1.807, 2.05) is 35.2 Å². The second kappa shape index (κ2) is 9.74. The summed E-state index contributed by atoms with van der Waals surface area (Å²) in [5.74, 6) is -0.275. The van der Waals surface area contributed by atoms with E-state index in [2.05, 4.69) is 5.32 Å². The normalized spacial score (nSPS) is 21.8. The highest BCUT2D eigenvalue weighted by Crippen LogP contribution is 2.28. The van der Waals surface area contributed by atoms with Crippen molar-refractivity contribution in [2.45, 2.75) is 57.1 Å².